The van der Waals surface area contributed by atoms with Gasteiger partial charge in [-0.05, 0) is 30.7 Å². The summed E-state index contributed by atoms with van der Waals surface area (Å²) < 4.78 is 67.2. The van der Waals surface area contributed by atoms with E-state index in [0.717, 1.165) is 6.42 Å². The van der Waals surface area contributed by atoms with Crippen LogP contribution in [0.2, 0.25) is 0 Å². The minimum atomic E-state index is -4.67. The van der Waals surface area contributed by atoms with E-state index in [1.807, 2.05) is 0 Å². The summed E-state index contributed by atoms with van der Waals surface area (Å²) in [5, 5.41) is 0. The summed E-state index contributed by atoms with van der Waals surface area (Å²) in [6, 6.07) is 0.204. The first-order chi connectivity index (χ1) is 10.6. The highest BCUT2D eigenvalue weighted by molar-refractivity contribution is 5.54. The fourth-order valence-corrected chi connectivity index (χ4v) is 3.68. The Bertz CT molecular complexity index is 597. The van der Waals surface area contributed by atoms with E-state index in [9.17, 15) is 22.0 Å². The van der Waals surface area contributed by atoms with E-state index in [1.54, 1.807) is 4.90 Å². The lowest BCUT2D eigenvalue weighted by Gasteiger charge is -2.47. The first-order valence-electron chi connectivity index (χ1n) is 7.82. The summed E-state index contributed by atoms with van der Waals surface area (Å²) >= 11 is 0. The highest BCUT2D eigenvalue weighted by Crippen LogP contribution is 2.48. The predicted molar refractivity (Wildman–Crippen MR) is 76.4 cm³/mol. The highest BCUT2D eigenvalue weighted by Gasteiger charge is 2.48. The molecule has 1 saturated heterocycles. The Morgan fingerprint density at radius 2 is 2.00 bits per heavy atom. The van der Waals surface area contributed by atoms with Crippen molar-refractivity contribution in [3.63, 3.8) is 0 Å². The number of aromatic nitrogens is 1. The molecule has 0 N–H and O–H groups in total. The molecule has 2 aliphatic heterocycles. The van der Waals surface area contributed by atoms with Crippen molar-refractivity contribution < 1.29 is 22.0 Å². The van der Waals surface area contributed by atoms with Gasteiger partial charge in [0.25, 0.3) is 5.92 Å². The molecule has 7 heteroatoms. The Kier molecular flexibility index (Phi) is 3.80. The average molecular weight is 334 g/mol. The molecule has 2 nitrogen and oxygen atoms in total. The molecule has 1 aromatic heterocycles. The fourth-order valence-electron chi connectivity index (χ4n) is 3.68. The molecule has 128 valence electrons. The highest BCUT2D eigenvalue weighted by atomic mass is 19.4. The maximum absolute atomic E-state index is 14.4. The van der Waals surface area contributed by atoms with Crippen molar-refractivity contribution >= 4 is 5.82 Å². The van der Waals surface area contributed by atoms with Gasteiger partial charge in [0.15, 0.2) is 0 Å². The van der Waals surface area contributed by atoms with Gasteiger partial charge in [0.2, 0.25) is 0 Å². The molecule has 2 aliphatic rings. The van der Waals surface area contributed by atoms with Gasteiger partial charge in [-0.3, -0.25) is 0 Å². The number of hydrogen-bond acceptors (Lipinski definition) is 2. The summed E-state index contributed by atoms with van der Waals surface area (Å²) in [7, 11) is 0. The molecular weight excluding hydrogens is 315 g/mol. The van der Waals surface area contributed by atoms with E-state index in [-0.39, 0.29) is 11.9 Å². The SMILES string of the molecule is CC(C)C1CCN2c3ncc(C(F)(F)F)cc3C(F)(F)CC2C1. The normalized spacial score (nSPS) is 26.9. The zero-order valence-corrected chi connectivity index (χ0v) is 13.0. The number of rotatable bonds is 1. The number of fused-ring (bicyclic) bond motifs is 3. The van der Waals surface area contributed by atoms with Crippen molar-refractivity contribution in [2.24, 2.45) is 11.8 Å². The molecule has 0 aliphatic carbocycles. The van der Waals surface area contributed by atoms with Crippen molar-refractivity contribution in [1.29, 1.82) is 0 Å². The predicted octanol–water partition coefficient (Wildman–Crippen LogP) is 4.84. The molecule has 3 heterocycles. The number of piperidine rings is 1. The fraction of sp³-hybridized carbons (Fsp3) is 0.688. The molecule has 1 aromatic rings. The van der Waals surface area contributed by atoms with Crippen LogP contribution in [0.1, 0.15) is 44.2 Å². The Morgan fingerprint density at radius 1 is 1.30 bits per heavy atom. The Labute approximate surface area is 131 Å². The number of hydrogen-bond donors (Lipinski definition) is 0. The quantitative estimate of drug-likeness (QED) is 0.684. The molecular formula is C16H19F5N2. The van der Waals surface area contributed by atoms with E-state index in [0.29, 0.717) is 37.1 Å². The molecule has 1 fully saturated rings. The van der Waals surface area contributed by atoms with Crippen LogP contribution in [0.15, 0.2) is 12.3 Å². The van der Waals surface area contributed by atoms with E-state index >= 15 is 0 Å². The zero-order chi connectivity index (χ0) is 17.0. The molecule has 2 unspecified atom stereocenters. The van der Waals surface area contributed by atoms with Crippen LogP contribution in [0, 0.1) is 11.8 Å². The minimum Gasteiger partial charge on any atom is -0.353 e. The number of halogens is 5. The van der Waals surface area contributed by atoms with Gasteiger partial charge in [-0.15, -0.1) is 0 Å². The van der Waals surface area contributed by atoms with Crippen LogP contribution in [0.25, 0.3) is 0 Å². The summed E-state index contributed by atoms with van der Waals surface area (Å²) in [5.74, 6) is -2.49. The van der Waals surface area contributed by atoms with Crippen molar-refractivity contribution in [3.8, 4) is 0 Å². The van der Waals surface area contributed by atoms with Gasteiger partial charge in [-0.2, -0.15) is 13.2 Å². The Morgan fingerprint density at radius 3 is 2.61 bits per heavy atom. The average Bonchev–Trinajstić information content (AvgIpc) is 2.44. The standard InChI is InChI=1S/C16H19F5N2/c1-9(2)10-3-4-23-12(5-10)7-15(17,18)13-6-11(16(19,20)21)8-22-14(13)23/h6,8-10,12H,3-5,7H2,1-2H3. The first-order valence-corrected chi connectivity index (χ1v) is 7.82. The van der Waals surface area contributed by atoms with E-state index < -0.39 is 29.6 Å². The van der Waals surface area contributed by atoms with Crippen LogP contribution in [0.4, 0.5) is 27.8 Å². The maximum atomic E-state index is 14.4. The maximum Gasteiger partial charge on any atom is 0.417 e. The second-order valence-electron chi connectivity index (χ2n) is 6.88. The van der Waals surface area contributed by atoms with Crippen LogP contribution < -0.4 is 4.90 Å². The van der Waals surface area contributed by atoms with Crippen molar-refractivity contribution in [3.05, 3.63) is 23.4 Å². The van der Waals surface area contributed by atoms with Crippen LogP contribution >= 0.6 is 0 Å². The van der Waals surface area contributed by atoms with Crippen LogP contribution in [0.5, 0.6) is 0 Å². The lowest BCUT2D eigenvalue weighted by Crippen LogP contribution is -2.50. The number of pyridine rings is 1. The topological polar surface area (TPSA) is 16.1 Å². The third-order valence-corrected chi connectivity index (χ3v) is 5.05. The van der Waals surface area contributed by atoms with E-state index in [2.05, 4.69) is 18.8 Å². The third-order valence-electron chi connectivity index (χ3n) is 5.05. The summed E-state index contributed by atoms with van der Waals surface area (Å²) in [5.41, 5.74) is -1.71. The van der Waals surface area contributed by atoms with Crippen LogP contribution in [-0.4, -0.2) is 17.6 Å². The van der Waals surface area contributed by atoms with Crippen molar-refractivity contribution in [1.82, 2.24) is 4.98 Å². The molecule has 0 aromatic carbocycles. The number of nitrogens with zero attached hydrogens (tertiary/aromatic N) is 2. The van der Waals surface area contributed by atoms with Gasteiger partial charge >= 0.3 is 6.18 Å². The molecule has 23 heavy (non-hydrogen) atoms. The second kappa shape index (κ2) is 5.31. The van der Waals surface area contributed by atoms with Gasteiger partial charge in [0, 0.05) is 25.2 Å². The van der Waals surface area contributed by atoms with Gasteiger partial charge in [0.1, 0.15) is 5.82 Å². The largest absolute Gasteiger partial charge is 0.417 e. The van der Waals surface area contributed by atoms with Gasteiger partial charge in [0.05, 0.1) is 11.1 Å². The third kappa shape index (κ3) is 2.90. The molecule has 0 spiro atoms. The van der Waals surface area contributed by atoms with E-state index in [1.165, 1.54) is 0 Å². The lowest BCUT2D eigenvalue weighted by atomic mass is 9.79. The molecule has 0 saturated carbocycles. The van der Waals surface area contributed by atoms with Gasteiger partial charge < -0.3 is 4.90 Å². The lowest BCUT2D eigenvalue weighted by molar-refractivity contribution is -0.138. The molecule has 3 rings (SSSR count). The first kappa shape index (κ1) is 16.5. The van der Waals surface area contributed by atoms with Gasteiger partial charge in [-0.1, -0.05) is 13.8 Å². The number of anilines is 1. The molecule has 0 bridgehead atoms. The molecule has 0 radical (unpaired) electrons. The summed E-state index contributed by atoms with van der Waals surface area (Å²) in [6.07, 6.45) is -2.96. The van der Waals surface area contributed by atoms with Crippen molar-refractivity contribution in [2.75, 3.05) is 11.4 Å². The minimum absolute atomic E-state index is 0.0152. The number of alkyl halides is 5. The molecule has 0 amide bonds. The zero-order valence-electron chi connectivity index (χ0n) is 13.0. The van der Waals surface area contributed by atoms with Gasteiger partial charge in [-0.25, -0.2) is 13.8 Å². The van der Waals surface area contributed by atoms with E-state index in [4.69, 9.17) is 0 Å². The second-order valence-corrected chi connectivity index (χ2v) is 6.88. The summed E-state index contributed by atoms with van der Waals surface area (Å²) in [4.78, 5) is 5.53. The Balaban J connectivity index is 1.99. The smallest absolute Gasteiger partial charge is 0.353 e. The monoisotopic (exact) mass is 334 g/mol. The molecule has 2 atom stereocenters. The summed E-state index contributed by atoms with van der Waals surface area (Å²) in [6.45, 7) is 4.71. The Hall–Kier alpha value is -1.40. The van der Waals surface area contributed by atoms with Crippen LogP contribution in [-0.2, 0) is 12.1 Å². The van der Waals surface area contributed by atoms with Crippen molar-refractivity contribution in [2.45, 2.75) is 51.3 Å². The van der Waals surface area contributed by atoms with Crippen LogP contribution in [0.3, 0.4) is 0 Å².